The average molecular weight is 349 g/mol. The van der Waals surface area contributed by atoms with Crippen LogP contribution in [0, 0.1) is 23.7 Å². The first-order chi connectivity index (χ1) is 11.5. The van der Waals surface area contributed by atoms with Crippen LogP contribution < -0.4 is 0 Å². The van der Waals surface area contributed by atoms with Crippen LogP contribution in [0.25, 0.3) is 0 Å². The predicted molar refractivity (Wildman–Crippen MR) is 108 cm³/mol. The second-order valence-electron chi connectivity index (χ2n) is 8.77. The van der Waals surface area contributed by atoms with E-state index in [0.29, 0.717) is 5.92 Å². The van der Waals surface area contributed by atoms with Crippen molar-refractivity contribution in [1.82, 2.24) is 0 Å². The molecule has 2 unspecified atom stereocenters. The Bertz CT molecular complexity index is 411. The molecule has 0 aliphatic heterocycles. The molecule has 0 N–H and O–H groups in total. The Hall–Kier alpha value is -0.263. The summed E-state index contributed by atoms with van der Waals surface area (Å²) in [6.45, 7) is 9.49. The van der Waals surface area contributed by atoms with Gasteiger partial charge in [0.05, 0.1) is 0 Å². The number of rotatable bonds is 9. The smallest absolute Gasteiger partial charge is 0.191 e. The molecule has 0 bridgehead atoms. The summed E-state index contributed by atoms with van der Waals surface area (Å²) in [5.41, 5.74) is 0.856. The number of hydrogen-bond acceptors (Lipinski definition) is 1. The quantitative estimate of drug-likeness (QED) is 0.324. The molecule has 0 aromatic rings. The van der Waals surface area contributed by atoms with Gasteiger partial charge in [-0.15, -0.1) is 0 Å². The highest BCUT2D eigenvalue weighted by Crippen LogP contribution is 2.42. The minimum Gasteiger partial charge on any atom is -0.404 e. The molecular formula is C22H40OSi. The Balaban J connectivity index is 1.77. The Labute approximate surface area is 152 Å². The molecule has 2 atom stereocenters. The third-order valence-electron chi connectivity index (χ3n) is 6.37. The van der Waals surface area contributed by atoms with Crippen molar-refractivity contribution in [3.8, 4) is 11.8 Å². The Morgan fingerprint density at radius 3 is 2.08 bits per heavy atom. The minimum absolute atomic E-state index is 0.238. The molecule has 1 nitrogen and oxygen atoms in total. The SMILES string of the molecule is CCCCC1C#CC(O[Si](C)(C)C2CCC(CCCC)CC2)CC1. The van der Waals surface area contributed by atoms with Gasteiger partial charge in [0, 0.05) is 5.92 Å². The van der Waals surface area contributed by atoms with Gasteiger partial charge < -0.3 is 4.43 Å². The topological polar surface area (TPSA) is 9.23 Å². The monoisotopic (exact) mass is 348 g/mol. The molecule has 2 aliphatic carbocycles. The average Bonchev–Trinajstić information content (AvgIpc) is 2.59. The second kappa shape index (κ2) is 10.0. The summed E-state index contributed by atoms with van der Waals surface area (Å²) in [6, 6.07) is 0. The Kier molecular flexibility index (Phi) is 8.38. The molecule has 2 rings (SSSR count). The summed E-state index contributed by atoms with van der Waals surface area (Å²) < 4.78 is 6.65. The molecule has 0 spiro atoms. The maximum atomic E-state index is 6.65. The van der Waals surface area contributed by atoms with Gasteiger partial charge in [-0.05, 0) is 43.8 Å². The van der Waals surface area contributed by atoms with E-state index in [0.717, 1.165) is 11.5 Å². The van der Waals surface area contributed by atoms with E-state index >= 15 is 0 Å². The van der Waals surface area contributed by atoms with Crippen LogP contribution in [0.15, 0.2) is 0 Å². The van der Waals surface area contributed by atoms with E-state index < -0.39 is 8.32 Å². The van der Waals surface area contributed by atoms with Crippen LogP contribution in [0.1, 0.15) is 90.9 Å². The third-order valence-corrected chi connectivity index (χ3v) is 9.81. The van der Waals surface area contributed by atoms with Crippen LogP contribution >= 0.6 is 0 Å². The van der Waals surface area contributed by atoms with Crippen molar-refractivity contribution >= 4 is 8.32 Å². The molecule has 0 heterocycles. The van der Waals surface area contributed by atoms with Crippen LogP contribution in [0.3, 0.4) is 0 Å². The normalized spacial score (nSPS) is 30.7. The fourth-order valence-corrected chi connectivity index (χ4v) is 7.39. The lowest BCUT2D eigenvalue weighted by Gasteiger charge is -2.39. The summed E-state index contributed by atoms with van der Waals surface area (Å²) in [6.07, 6.45) is 16.5. The van der Waals surface area contributed by atoms with E-state index in [4.69, 9.17) is 4.43 Å². The first kappa shape index (κ1) is 20.1. The first-order valence-electron chi connectivity index (χ1n) is 10.7. The molecule has 0 saturated heterocycles. The van der Waals surface area contributed by atoms with Crippen molar-refractivity contribution in [2.45, 2.75) is 116 Å². The van der Waals surface area contributed by atoms with Crippen molar-refractivity contribution in [1.29, 1.82) is 0 Å². The lowest BCUT2D eigenvalue weighted by Crippen LogP contribution is -2.42. The van der Waals surface area contributed by atoms with Crippen molar-refractivity contribution in [3.63, 3.8) is 0 Å². The lowest BCUT2D eigenvalue weighted by molar-refractivity contribution is 0.205. The van der Waals surface area contributed by atoms with Crippen molar-refractivity contribution in [3.05, 3.63) is 0 Å². The van der Waals surface area contributed by atoms with Gasteiger partial charge in [0.1, 0.15) is 6.10 Å². The van der Waals surface area contributed by atoms with Gasteiger partial charge in [0.15, 0.2) is 8.32 Å². The maximum absolute atomic E-state index is 6.65. The van der Waals surface area contributed by atoms with Gasteiger partial charge in [0.2, 0.25) is 0 Å². The Morgan fingerprint density at radius 2 is 1.50 bits per heavy atom. The number of unbranched alkanes of at least 4 members (excludes halogenated alkanes) is 2. The van der Waals surface area contributed by atoms with E-state index in [-0.39, 0.29) is 6.10 Å². The molecule has 1 saturated carbocycles. The van der Waals surface area contributed by atoms with Gasteiger partial charge in [-0.3, -0.25) is 0 Å². The highest BCUT2D eigenvalue weighted by Gasteiger charge is 2.38. The van der Waals surface area contributed by atoms with E-state index in [2.05, 4.69) is 38.8 Å². The predicted octanol–water partition coefficient (Wildman–Crippen LogP) is 6.93. The van der Waals surface area contributed by atoms with E-state index in [1.165, 1.54) is 77.0 Å². The van der Waals surface area contributed by atoms with Crippen LogP contribution in [0.4, 0.5) is 0 Å². The largest absolute Gasteiger partial charge is 0.404 e. The molecule has 2 heteroatoms. The minimum atomic E-state index is -1.60. The van der Waals surface area contributed by atoms with Crippen LogP contribution in [0.5, 0.6) is 0 Å². The highest BCUT2D eigenvalue weighted by atomic mass is 28.4. The standard InChI is InChI=1S/C22H40OSi/c1-5-7-9-19-11-15-21(16-12-19)23-24(3,4)22-17-13-20(14-18-22)10-8-6-2/h19-22H,5-11,13-15,17-18H2,1-4H3. The summed E-state index contributed by atoms with van der Waals surface area (Å²) in [7, 11) is -1.60. The molecule has 0 amide bonds. The lowest BCUT2D eigenvalue weighted by atomic mass is 9.85. The molecular weight excluding hydrogens is 308 g/mol. The fourth-order valence-electron chi connectivity index (χ4n) is 4.57. The van der Waals surface area contributed by atoms with Gasteiger partial charge >= 0.3 is 0 Å². The highest BCUT2D eigenvalue weighted by molar-refractivity contribution is 6.72. The maximum Gasteiger partial charge on any atom is 0.191 e. The zero-order valence-corrected chi connectivity index (χ0v) is 17.7. The van der Waals surface area contributed by atoms with Crippen LogP contribution in [-0.4, -0.2) is 14.4 Å². The third kappa shape index (κ3) is 6.23. The zero-order chi connectivity index (χ0) is 17.4. The summed E-state index contributed by atoms with van der Waals surface area (Å²) in [5.74, 6) is 8.62. The molecule has 0 radical (unpaired) electrons. The molecule has 0 aromatic heterocycles. The Morgan fingerprint density at radius 1 is 0.833 bits per heavy atom. The fraction of sp³-hybridized carbons (Fsp3) is 0.909. The molecule has 0 aromatic carbocycles. The summed E-state index contributed by atoms with van der Waals surface area (Å²) >= 11 is 0. The second-order valence-corrected chi connectivity index (χ2v) is 13.0. The molecule has 138 valence electrons. The van der Waals surface area contributed by atoms with Gasteiger partial charge in [-0.1, -0.05) is 83.5 Å². The zero-order valence-electron chi connectivity index (χ0n) is 16.7. The number of hydrogen-bond donors (Lipinski definition) is 0. The van der Waals surface area contributed by atoms with Crippen molar-refractivity contribution in [2.24, 2.45) is 11.8 Å². The van der Waals surface area contributed by atoms with Gasteiger partial charge in [0.25, 0.3) is 0 Å². The van der Waals surface area contributed by atoms with E-state index in [1.54, 1.807) is 0 Å². The van der Waals surface area contributed by atoms with Crippen LogP contribution in [0.2, 0.25) is 18.6 Å². The first-order valence-corrected chi connectivity index (χ1v) is 13.7. The van der Waals surface area contributed by atoms with E-state index in [9.17, 15) is 0 Å². The van der Waals surface area contributed by atoms with Gasteiger partial charge in [-0.2, -0.15) is 0 Å². The summed E-state index contributed by atoms with van der Waals surface area (Å²) in [4.78, 5) is 0. The molecule has 2 aliphatic rings. The van der Waals surface area contributed by atoms with E-state index in [1.807, 2.05) is 0 Å². The van der Waals surface area contributed by atoms with Gasteiger partial charge in [-0.25, -0.2) is 0 Å². The molecule has 24 heavy (non-hydrogen) atoms. The van der Waals surface area contributed by atoms with Crippen molar-refractivity contribution < 1.29 is 4.43 Å². The summed E-state index contributed by atoms with van der Waals surface area (Å²) in [5, 5.41) is 0. The van der Waals surface area contributed by atoms with Crippen LogP contribution in [-0.2, 0) is 4.43 Å². The van der Waals surface area contributed by atoms with Crippen molar-refractivity contribution in [2.75, 3.05) is 0 Å². The molecule has 1 fully saturated rings.